The summed E-state index contributed by atoms with van der Waals surface area (Å²) in [5.74, 6) is -0.339. The minimum absolute atomic E-state index is 0.177. The lowest BCUT2D eigenvalue weighted by molar-refractivity contribution is -0.939. The Labute approximate surface area is 183 Å². The summed E-state index contributed by atoms with van der Waals surface area (Å²) in [5, 5.41) is 5.06. The third-order valence-electron chi connectivity index (χ3n) is 5.72. The molecule has 2 aromatic carbocycles. The van der Waals surface area contributed by atoms with Gasteiger partial charge in [0.1, 0.15) is 0 Å². The summed E-state index contributed by atoms with van der Waals surface area (Å²) in [6.07, 6.45) is 3.38. The summed E-state index contributed by atoms with van der Waals surface area (Å²) in [6, 6.07) is 15.5. The molecule has 0 aliphatic carbocycles. The van der Waals surface area contributed by atoms with Crippen molar-refractivity contribution in [2.75, 3.05) is 26.0 Å². The van der Waals surface area contributed by atoms with Gasteiger partial charge in [-0.3, -0.25) is 24.7 Å². The minimum Gasteiger partial charge on any atom is -0.396 e. The first-order chi connectivity index (χ1) is 14.9. The molecule has 7 nitrogen and oxygen atoms in total. The van der Waals surface area contributed by atoms with E-state index < -0.39 is 6.09 Å². The molecule has 1 unspecified atom stereocenters. The van der Waals surface area contributed by atoms with Crippen LogP contribution in [0.15, 0.2) is 48.5 Å². The fraction of sp³-hybridized carbons (Fsp3) is 0.375. The highest BCUT2D eigenvalue weighted by Gasteiger charge is 2.34. The number of likely N-dealkylation sites (tertiary alicyclic amines) is 1. The lowest BCUT2D eigenvalue weighted by Gasteiger charge is -2.40. The maximum absolute atomic E-state index is 12.8. The average molecular weight is 425 g/mol. The molecule has 1 aliphatic heterocycles. The summed E-state index contributed by atoms with van der Waals surface area (Å²) in [4.78, 5) is 34.8. The first-order valence-electron chi connectivity index (χ1n) is 10.6. The van der Waals surface area contributed by atoms with Crippen molar-refractivity contribution in [1.82, 2.24) is 5.32 Å². The number of hydrogen-bond acceptors (Lipinski definition) is 4. The summed E-state index contributed by atoms with van der Waals surface area (Å²) in [6.45, 7) is 0.978. The molecule has 164 valence electrons. The Balaban J connectivity index is 1.79. The smallest absolute Gasteiger partial charge is 0.396 e. The Hall–Kier alpha value is -3.19. The van der Waals surface area contributed by atoms with Crippen LogP contribution in [0.5, 0.6) is 0 Å². The predicted molar refractivity (Wildman–Crippen MR) is 119 cm³/mol. The largest absolute Gasteiger partial charge is 0.416 e. The molecule has 31 heavy (non-hydrogen) atoms. The second-order valence-corrected chi connectivity index (χ2v) is 8.41. The molecule has 2 aromatic rings. The van der Waals surface area contributed by atoms with E-state index in [1.54, 1.807) is 0 Å². The van der Waals surface area contributed by atoms with E-state index >= 15 is 0 Å². The van der Waals surface area contributed by atoms with Crippen molar-refractivity contribution in [2.24, 2.45) is 0 Å². The Morgan fingerprint density at radius 1 is 1.13 bits per heavy atom. The highest BCUT2D eigenvalue weighted by atomic mass is 16.6. The zero-order valence-electron chi connectivity index (χ0n) is 18.1. The summed E-state index contributed by atoms with van der Waals surface area (Å²) < 4.78 is 6.45. The minimum atomic E-state index is -0.480. The van der Waals surface area contributed by atoms with Crippen LogP contribution in [0, 0.1) is 0 Å². The van der Waals surface area contributed by atoms with Gasteiger partial charge in [-0.2, -0.15) is 0 Å². The second kappa shape index (κ2) is 10.2. The van der Waals surface area contributed by atoms with Gasteiger partial charge in [0, 0.05) is 18.4 Å². The molecule has 1 fully saturated rings. The predicted octanol–water partition coefficient (Wildman–Crippen LogP) is 3.69. The molecular formula is C24H30N3O4+. The average Bonchev–Trinajstić information content (AvgIpc) is 2.75. The number of carbonyl (C=O) groups is 3. The van der Waals surface area contributed by atoms with E-state index in [9.17, 15) is 14.4 Å². The maximum atomic E-state index is 12.8. The van der Waals surface area contributed by atoms with Crippen molar-refractivity contribution in [3.05, 3.63) is 54.1 Å². The third-order valence-corrected chi connectivity index (χ3v) is 5.72. The number of benzene rings is 2. The van der Waals surface area contributed by atoms with Gasteiger partial charge >= 0.3 is 6.09 Å². The molecule has 1 heterocycles. The molecule has 2 N–H and O–H groups in total. The van der Waals surface area contributed by atoms with Crippen molar-refractivity contribution < 1.29 is 23.6 Å². The van der Waals surface area contributed by atoms with Crippen molar-refractivity contribution in [2.45, 2.75) is 38.3 Å². The number of aryl methyl sites for hydroxylation is 1. The van der Waals surface area contributed by atoms with E-state index in [1.165, 1.54) is 0 Å². The van der Waals surface area contributed by atoms with E-state index in [0.717, 1.165) is 42.5 Å². The SMILES string of the molecule is C[N+]1(C)CCCCC1OC(=O)Nc1cc(CCC(=O)NC=O)ccc1-c1ccccc1. The number of carbonyl (C=O) groups excluding carboxylic acids is 3. The van der Waals surface area contributed by atoms with E-state index in [-0.39, 0.29) is 18.6 Å². The number of rotatable bonds is 7. The van der Waals surface area contributed by atoms with Crippen molar-refractivity contribution in [3.8, 4) is 11.1 Å². The molecule has 3 rings (SSSR count). The lowest BCUT2D eigenvalue weighted by Crippen LogP contribution is -2.54. The van der Waals surface area contributed by atoms with Gasteiger partial charge in [-0.1, -0.05) is 42.5 Å². The fourth-order valence-electron chi connectivity index (χ4n) is 3.91. The summed E-state index contributed by atoms with van der Waals surface area (Å²) >= 11 is 0. The molecule has 1 aliphatic rings. The third kappa shape index (κ3) is 6.15. The fourth-order valence-corrected chi connectivity index (χ4v) is 3.91. The van der Waals surface area contributed by atoms with Crippen molar-refractivity contribution in [1.29, 1.82) is 0 Å². The molecule has 1 atom stereocenters. The van der Waals surface area contributed by atoms with Crippen LogP contribution in [0.2, 0.25) is 0 Å². The normalized spacial score (nSPS) is 17.4. The monoisotopic (exact) mass is 424 g/mol. The lowest BCUT2D eigenvalue weighted by atomic mass is 9.99. The Kier molecular flexibility index (Phi) is 7.41. The van der Waals surface area contributed by atoms with E-state index in [0.29, 0.717) is 23.0 Å². The van der Waals surface area contributed by atoms with E-state index in [1.807, 2.05) is 48.5 Å². The van der Waals surface area contributed by atoms with Crippen molar-refractivity contribution in [3.63, 3.8) is 0 Å². The standard InChI is InChI=1S/C24H29N3O4/c1-27(2)15-7-6-10-23(27)31-24(30)26-21-16-18(12-14-22(29)25-17-28)11-13-20(21)19-8-4-3-5-9-19/h3-5,8-9,11,13,16-17,23H,6-7,10,12,14-15H2,1-2H3,(H-,25,26,28,29,30)/p+1. The number of nitrogens with one attached hydrogen (secondary N) is 2. The first kappa shape index (κ1) is 22.5. The van der Waals surface area contributed by atoms with Gasteiger partial charge in [0.05, 0.1) is 26.3 Å². The van der Waals surface area contributed by atoms with Crippen LogP contribution in [-0.4, -0.2) is 49.8 Å². The highest BCUT2D eigenvalue weighted by Crippen LogP contribution is 2.30. The van der Waals surface area contributed by atoms with Crippen LogP contribution in [0.1, 0.15) is 31.2 Å². The number of hydrogen-bond donors (Lipinski definition) is 2. The zero-order chi connectivity index (χ0) is 22.3. The number of piperidine rings is 1. The molecular weight excluding hydrogens is 394 g/mol. The number of quaternary nitrogens is 1. The summed E-state index contributed by atoms with van der Waals surface area (Å²) in [7, 11) is 4.16. The van der Waals surface area contributed by atoms with Gasteiger partial charge in [0.25, 0.3) is 0 Å². The maximum Gasteiger partial charge on any atom is 0.416 e. The van der Waals surface area contributed by atoms with Crippen molar-refractivity contribution >= 4 is 24.1 Å². The molecule has 3 amide bonds. The van der Waals surface area contributed by atoms with Gasteiger partial charge < -0.3 is 4.74 Å². The Morgan fingerprint density at radius 2 is 1.90 bits per heavy atom. The molecule has 0 aromatic heterocycles. The van der Waals surface area contributed by atoms with Crippen LogP contribution >= 0.6 is 0 Å². The van der Waals surface area contributed by atoms with E-state index in [2.05, 4.69) is 24.7 Å². The van der Waals surface area contributed by atoms with Crippen LogP contribution in [-0.2, 0) is 20.7 Å². The van der Waals surface area contributed by atoms with Gasteiger partial charge in [-0.25, -0.2) is 4.79 Å². The topological polar surface area (TPSA) is 84.5 Å². The molecule has 0 bridgehead atoms. The summed E-state index contributed by atoms with van der Waals surface area (Å²) in [5.41, 5.74) is 3.35. The van der Waals surface area contributed by atoms with Crippen LogP contribution in [0.25, 0.3) is 11.1 Å². The van der Waals surface area contributed by atoms with E-state index in [4.69, 9.17) is 4.74 Å². The van der Waals surface area contributed by atoms with Gasteiger partial charge in [0.2, 0.25) is 18.5 Å². The quantitative estimate of drug-likeness (QED) is 0.524. The molecule has 0 saturated carbocycles. The number of nitrogens with zero attached hydrogens (tertiary/aromatic N) is 1. The molecule has 7 heteroatoms. The zero-order valence-corrected chi connectivity index (χ0v) is 18.1. The van der Waals surface area contributed by atoms with Crippen LogP contribution in [0.4, 0.5) is 10.5 Å². The second-order valence-electron chi connectivity index (χ2n) is 8.41. The Bertz CT molecular complexity index is 928. The molecule has 1 saturated heterocycles. The van der Waals surface area contributed by atoms with Gasteiger partial charge in [-0.15, -0.1) is 0 Å². The van der Waals surface area contributed by atoms with Gasteiger partial charge in [0.15, 0.2) is 0 Å². The van der Waals surface area contributed by atoms with Crippen LogP contribution in [0.3, 0.4) is 0 Å². The van der Waals surface area contributed by atoms with Gasteiger partial charge in [-0.05, 0) is 36.5 Å². The first-order valence-corrected chi connectivity index (χ1v) is 10.6. The number of amides is 3. The number of ether oxygens (including phenoxy) is 1. The van der Waals surface area contributed by atoms with Crippen LogP contribution < -0.4 is 10.6 Å². The highest BCUT2D eigenvalue weighted by molar-refractivity contribution is 5.92. The Morgan fingerprint density at radius 3 is 2.61 bits per heavy atom. The molecule has 0 radical (unpaired) electrons. The number of anilines is 1. The number of imide groups is 1. The molecule has 0 spiro atoms.